The van der Waals surface area contributed by atoms with Crippen LogP contribution in [0.3, 0.4) is 0 Å². The molecule has 0 atom stereocenters. The first kappa shape index (κ1) is 18.9. The Hall–Kier alpha value is -3.42. The first-order valence-corrected chi connectivity index (χ1v) is 9.24. The molecule has 0 saturated carbocycles. The van der Waals surface area contributed by atoms with Gasteiger partial charge in [0, 0.05) is 36.5 Å². The Morgan fingerprint density at radius 3 is 2.45 bits per heavy atom. The number of ketones is 1. The Bertz CT molecular complexity index is 1110. The molecule has 0 fully saturated rings. The summed E-state index contributed by atoms with van der Waals surface area (Å²) < 4.78 is 12.1. The fourth-order valence-corrected chi connectivity index (χ4v) is 3.66. The smallest absolute Gasteiger partial charge is 0.261 e. The number of carbonyl (C=O) groups excluding carboxylic acids is 2. The molecule has 8 nitrogen and oxygen atoms in total. The van der Waals surface area contributed by atoms with Gasteiger partial charge in [0.05, 0.1) is 31.7 Å². The molecule has 2 heterocycles. The average molecular weight is 394 g/mol. The van der Waals surface area contributed by atoms with Crippen molar-refractivity contribution in [3.05, 3.63) is 47.4 Å². The van der Waals surface area contributed by atoms with Crippen LogP contribution in [0.25, 0.3) is 5.65 Å². The van der Waals surface area contributed by atoms with Gasteiger partial charge >= 0.3 is 0 Å². The zero-order valence-corrected chi connectivity index (χ0v) is 16.8. The van der Waals surface area contributed by atoms with Gasteiger partial charge in [0.1, 0.15) is 17.1 Å². The third kappa shape index (κ3) is 3.41. The molecule has 1 aromatic carbocycles. The number of fused-ring (bicyclic) bond motifs is 3. The molecule has 0 radical (unpaired) electrons. The second-order valence-corrected chi connectivity index (χ2v) is 7.91. The Kier molecular flexibility index (Phi) is 4.49. The number of anilines is 1. The second-order valence-electron chi connectivity index (χ2n) is 7.91. The van der Waals surface area contributed by atoms with E-state index in [0.717, 1.165) is 5.69 Å². The lowest BCUT2D eigenvalue weighted by Crippen LogP contribution is -2.29. The van der Waals surface area contributed by atoms with Gasteiger partial charge in [-0.15, -0.1) is 0 Å². The molecule has 1 N–H and O–H groups in total. The van der Waals surface area contributed by atoms with Crippen LogP contribution < -0.4 is 14.8 Å². The van der Waals surface area contributed by atoms with Crippen LogP contribution in [0.5, 0.6) is 11.5 Å². The normalized spacial score (nSPS) is 15.1. The molecular weight excluding hydrogens is 372 g/mol. The molecule has 1 amide bonds. The number of rotatable bonds is 4. The van der Waals surface area contributed by atoms with Crippen molar-refractivity contribution in [2.75, 3.05) is 19.5 Å². The number of benzene rings is 1. The molecule has 3 aromatic rings. The van der Waals surface area contributed by atoms with Crippen LogP contribution in [0.4, 0.5) is 5.69 Å². The van der Waals surface area contributed by atoms with Crippen molar-refractivity contribution in [3.63, 3.8) is 0 Å². The minimum atomic E-state index is -0.357. The number of nitrogens with zero attached hydrogens (tertiary/aromatic N) is 3. The number of aromatic nitrogens is 3. The van der Waals surface area contributed by atoms with Crippen molar-refractivity contribution in [2.45, 2.75) is 26.7 Å². The van der Waals surface area contributed by atoms with Crippen LogP contribution in [-0.2, 0) is 6.42 Å². The summed E-state index contributed by atoms with van der Waals surface area (Å²) in [6.45, 7) is 4.10. The fraction of sp³-hybridized carbons (Fsp3) is 0.333. The molecule has 1 aliphatic carbocycles. The summed E-state index contributed by atoms with van der Waals surface area (Å²) in [5, 5.41) is 7.19. The van der Waals surface area contributed by atoms with E-state index in [1.165, 1.54) is 6.20 Å². The summed E-state index contributed by atoms with van der Waals surface area (Å²) in [5.74, 6) is 0.819. The minimum Gasteiger partial charge on any atom is -0.497 e. The Morgan fingerprint density at radius 2 is 1.79 bits per heavy atom. The summed E-state index contributed by atoms with van der Waals surface area (Å²) in [6, 6.07) is 5.11. The second kappa shape index (κ2) is 6.88. The van der Waals surface area contributed by atoms with Gasteiger partial charge in [-0.05, 0) is 11.8 Å². The number of hydrogen-bond acceptors (Lipinski definition) is 6. The molecule has 0 spiro atoms. The van der Waals surface area contributed by atoms with Crippen LogP contribution in [0.1, 0.15) is 46.7 Å². The number of ether oxygens (including phenoxy) is 2. The predicted molar refractivity (Wildman–Crippen MR) is 107 cm³/mol. The number of amides is 1. The van der Waals surface area contributed by atoms with Crippen LogP contribution in [-0.4, -0.2) is 40.5 Å². The van der Waals surface area contributed by atoms with Crippen molar-refractivity contribution < 1.29 is 19.1 Å². The van der Waals surface area contributed by atoms with Gasteiger partial charge in [-0.2, -0.15) is 5.10 Å². The largest absolute Gasteiger partial charge is 0.497 e. The standard InChI is InChI=1S/C21H22N4O4/c1-21(2)8-17-15(18(26)9-21)10-22-19-16(11-23-25(17)19)20(27)24-12-5-13(28-3)7-14(6-12)29-4/h5-7,10-11H,8-9H2,1-4H3,(H,24,27). The first-order valence-electron chi connectivity index (χ1n) is 9.24. The zero-order valence-electron chi connectivity index (χ0n) is 16.8. The highest BCUT2D eigenvalue weighted by molar-refractivity contribution is 6.08. The molecular formula is C21H22N4O4. The van der Waals surface area contributed by atoms with Crippen molar-refractivity contribution in [2.24, 2.45) is 5.41 Å². The van der Waals surface area contributed by atoms with E-state index < -0.39 is 0 Å². The number of nitrogens with one attached hydrogen (secondary N) is 1. The third-order valence-electron chi connectivity index (χ3n) is 5.07. The highest BCUT2D eigenvalue weighted by atomic mass is 16.5. The molecule has 2 aromatic heterocycles. The van der Waals surface area contributed by atoms with E-state index in [4.69, 9.17) is 9.47 Å². The summed E-state index contributed by atoms with van der Waals surface area (Å²) >= 11 is 0. The minimum absolute atomic E-state index is 0.0515. The molecule has 0 bridgehead atoms. The average Bonchev–Trinajstić information content (AvgIpc) is 3.11. The van der Waals surface area contributed by atoms with E-state index in [9.17, 15) is 9.59 Å². The van der Waals surface area contributed by atoms with E-state index in [1.54, 1.807) is 43.1 Å². The van der Waals surface area contributed by atoms with E-state index >= 15 is 0 Å². The molecule has 4 rings (SSSR count). The van der Waals surface area contributed by atoms with Gasteiger partial charge in [0.2, 0.25) is 0 Å². The van der Waals surface area contributed by atoms with E-state index in [-0.39, 0.29) is 17.1 Å². The van der Waals surface area contributed by atoms with E-state index in [0.29, 0.717) is 46.8 Å². The molecule has 150 valence electrons. The molecule has 0 aliphatic heterocycles. The third-order valence-corrected chi connectivity index (χ3v) is 5.07. The number of hydrogen-bond donors (Lipinski definition) is 1. The van der Waals surface area contributed by atoms with E-state index in [1.807, 2.05) is 13.8 Å². The Balaban J connectivity index is 1.71. The van der Waals surface area contributed by atoms with E-state index in [2.05, 4.69) is 15.4 Å². The quantitative estimate of drug-likeness (QED) is 0.730. The summed E-state index contributed by atoms with van der Waals surface area (Å²) in [7, 11) is 3.09. The van der Waals surface area contributed by atoms with Crippen LogP contribution in [0, 0.1) is 5.41 Å². The van der Waals surface area contributed by atoms with Gasteiger partial charge < -0.3 is 14.8 Å². The van der Waals surface area contributed by atoms with Crippen LogP contribution in [0.2, 0.25) is 0 Å². The van der Waals surface area contributed by atoms with Crippen molar-refractivity contribution in [1.29, 1.82) is 0 Å². The predicted octanol–water partition coefficient (Wildman–Crippen LogP) is 3.15. The number of methoxy groups -OCH3 is 2. The molecule has 0 saturated heterocycles. The summed E-state index contributed by atoms with van der Waals surface area (Å²) in [5.41, 5.74) is 2.47. The lowest BCUT2D eigenvalue weighted by molar-refractivity contribution is 0.0908. The molecule has 1 aliphatic rings. The SMILES string of the molecule is COc1cc(NC(=O)c2cnn3c4c(cnc23)C(=O)CC(C)(C)C4)cc(OC)c1. The lowest BCUT2D eigenvalue weighted by atomic mass is 9.76. The van der Waals surface area contributed by atoms with Gasteiger partial charge in [0.15, 0.2) is 11.4 Å². The van der Waals surface area contributed by atoms with Gasteiger partial charge in [0.25, 0.3) is 5.91 Å². The number of Topliss-reactive ketones (excluding diaryl/α,β-unsaturated/α-hetero) is 1. The fourth-order valence-electron chi connectivity index (χ4n) is 3.66. The maximum Gasteiger partial charge on any atom is 0.261 e. The van der Waals surface area contributed by atoms with Gasteiger partial charge in [-0.25, -0.2) is 9.50 Å². The maximum absolute atomic E-state index is 12.9. The van der Waals surface area contributed by atoms with Crippen molar-refractivity contribution >= 4 is 23.0 Å². The topological polar surface area (TPSA) is 94.8 Å². The Labute approximate surface area is 167 Å². The first-order chi connectivity index (χ1) is 13.8. The monoisotopic (exact) mass is 394 g/mol. The Morgan fingerprint density at radius 1 is 1.10 bits per heavy atom. The molecule has 29 heavy (non-hydrogen) atoms. The van der Waals surface area contributed by atoms with Crippen molar-refractivity contribution in [1.82, 2.24) is 14.6 Å². The lowest BCUT2D eigenvalue weighted by Gasteiger charge is -2.29. The highest BCUT2D eigenvalue weighted by Gasteiger charge is 2.33. The van der Waals surface area contributed by atoms with Gasteiger partial charge in [-0.1, -0.05) is 13.8 Å². The summed E-state index contributed by atoms with van der Waals surface area (Å²) in [6.07, 6.45) is 4.18. The summed E-state index contributed by atoms with van der Waals surface area (Å²) in [4.78, 5) is 29.7. The van der Waals surface area contributed by atoms with Crippen LogP contribution >= 0.6 is 0 Å². The number of carbonyl (C=O) groups is 2. The molecule has 0 unspecified atom stereocenters. The van der Waals surface area contributed by atoms with Crippen LogP contribution in [0.15, 0.2) is 30.6 Å². The zero-order chi connectivity index (χ0) is 20.8. The molecule has 8 heteroatoms. The van der Waals surface area contributed by atoms with Gasteiger partial charge in [-0.3, -0.25) is 9.59 Å². The maximum atomic E-state index is 12.9. The van der Waals surface area contributed by atoms with Crippen molar-refractivity contribution in [3.8, 4) is 11.5 Å². The highest BCUT2D eigenvalue weighted by Crippen LogP contribution is 2.34.